The van der Waals surface area contributed by atoms with Crippen LogP contribution in [0.15, 0.2) is 18.2 Å². The van der Waals surface area contributed by atoms with Gasteiger partial charge in [-0.15, -0.1) is 0 Å². The Morgan fingerprint density at radius 1 is 1.35 bits per heavy atom. The number of aryl methyl sites for hydroxylation is 1. The quantitative estimate of drug-likeness (QED) is 0.771. The van der Waals surface area contributed by atoms with Gasteiger partial charge in [0.15, 0.2) is 5.78 Å². The van der Waals surface area contributed by atoms with Crippen LogP contribution in [0.2, 0.25) is 0 Å². The molecule has 1 N–H and O–H groups in total. The van der Waals surface area contributed by atoms with Crippen molar-refractivity contribution in [3.8, 4) is 0 Å². The summed E-state index contributed by atoms with van der Waals surface area (Å²) in [5, 5.41) is 2.69. The van der Waals surface area contributed by atoms with E-state index in [0.29, 0.717) is 19.3 Å². The van der Waals surface area contributed by atoms with Gasteiger partial charge in [-0.1, -0.05) is 25.1 Å². The van der Waals surface area contributed by atoms with Gasteiger partial charge in [0.25, 0.3) is 0 Å². The Kier molecular flexibility index (Phi) is 6.10. The van der Waals surface area contributed by atoms with Crippen LogP contribution in [-0.4, -0.2) is 24.0 Å². The lowest BCUT2D eigenvalue weighted by Crippen LogP contribution is -2.41. The molecule has 4 heteroatoms. The van der Waals surface area contributed by atoms with Crippen molar-refractivity contribution in [2.75, 3.05) is 0 Å². The molecule has 1 atom stereocenters. The first kappa shape index (κ1) is 16.1. The van der Waals surface area contributed by atoms with Gasteiger partial charge in [0.2, 0.25) is 5.91 Å². The van der Waals surface area contributed by atoms with Crippen LogP contribution in [0.1, 0.15) is 37.0 Å². The average Bonchev–Trinajstić information content (AvgIpc) is 2.40. The van der Waals surface area contributed by atoms with Crippen LogP contribution in [0, 0.1) is 6.92 Å². The zero-order valence-electron chi connectivity index (χ0n) is 12.2. The molecule has 0 aliphatic rings. The first-order valence-corrected chi connectivity index (χ1v) is 6.79. The summed E-state index contributed by atoms with van der Waals surface area (Å²) in [6.07, 6.45) is 2.08. The summed E-state index contributed by atoms with van der Waals surface area (Å²) in [5.41, 5.74) is 2.97. The molecule has 4 nitrogen and oxygen atoms in total. The molecular weight excluding hydrogens is 254 g/mol. The van der Waals surface area contributed by atoms with Gasteiger partial charge >= 0.3 is 0 Å². The van der Waals surface area contributed by atoms with Crippen molar-refractivity contribution in [2.24, 2.45) is 0 Å². The Labute approximate surface area is 119 Å². The van der Waals surface area contributed by atoms with E-state index in [0.717, 1.165) is 23.0 Å². The molecule has 108 valence electrons. The van der Waals surface area contributed by atoms with Crippen LogP contribution in [-0.2, 0) is 27.2 Å². The summed E-state index contributed by atoms with van der Waals surface area (Å²) in [7, 11) is 0. The predicted octanol–water partition coefficient (Wildman–Crippen LogP) is 1.76. The van der Waals surface area contributed by atoms with E-state index in [4.69, 9.17) is 0 Å². The molecule has 0 spiro atoms. The second-order valence-electron chi connectivity index (χ2n) is 4.91. The molecule has 0 aliphatic heterocycles. The monoisotopic (exact) mass is 275 g/mol. The molecule has 1 unspecified atom stereocenters. The van der Waals surface area contributed by atoms with Crippen molar-refractivity contribution in [3.63, 3.8) is 0 Å². The van der Waals surface area contributed by atoms with Gasteiger partial charge in [-0.25, -0.2) is 0 Å². The Morgan fingerprint density at radius 2 is 2.05 bits per heavy atom. The second kappa shape index (κ2) is 7.58. The van der Waals surface area contributed by atoms with Crippen LogP contribution >= 0.6 is 0 Å². The number of hydrogen-bond acceptors (Lipinski definition) is 3. The smallest absolute Gasteiger partial charge is 0.217 e. The number of ketones is 1. The molecule has 1 aromatic rings. The van der Waals surface area contributed by atoms with Crippen molar-refractivity contribution >= 4 is 18.0 Å². The van der Waals surface area contributed by atoms with Crippen molar-refractivity contribution in [2.45, 2.75) is 46.1 Å². The molecule has 1 rings (SSSR count). The van der Waals surface area contributed by atoms with Gasteiger partial charge < -0.3 is 10.1 Å². The van der Waals surface area contributed by atoms with E-state index in [2.05, 4.69) is 5.32 Å². The lowest BCUT2D eigenvalue weighted by atomic mass is 9.96. The zero-order chi connectivity index (χ0) is 15.1. The predicted molar refractivity (Wildman–Crippen MR) is 77.6 cm³/mol. The SMILES string of the molecule is CCC(=O)C(Cc1ccc(C)c(CC=O)c1)NC(C)=O. The van der Waals surface area contributed by atoms with E-state index in [-0.39, 0.29) is 11.7 Å². The summed E-state index contributed by atoms with van der Waals surface area (Å²) in [6.45, 7) is 5.14. The van der Waals surface area contributed by atoms with Crippen molar-refractivity contribution < 1.29 is 14.4 Å². The number of benzene rings is 1. The van der Waals surface area contributed by atoms with Gasteiger partial charge in [0.05, 0.1) is 6.04 Å². The molecule has 0 aromatic heterocycles. The van der Waals surface area contributed by atoms with E-state index in [1.54, 1.807) is 6.92 Å². The highest BCUT2D eigenvalue weighted by molar-refractivity contribution is 5.88. The normalized spacial score (nSPS) is 11.8. The highest BCUT2D eigenvalue weighted by atomic mass is 16.2. The molecule has 0 bridgehead atoms. The summed E-state index contributed by atoms with van der Waals surface area (Å²) < 4.78 is 0. The van der Waals surface area contributed by atoms with E-state index < -0.39 is 6.04 Å². The zero-order valence-corrected chi connectivity index (χ0v) is 12.2. The van der Waals surface area contributed by atoms with Crippen LogP contribution in [0.3, 0.4) is 0 Å². The second-order valence-corrected chi connectivity index (χ2v) is 4.91. The first-order valence-electron chi connectivity index (χ1n) is 6.79. The van der Waals surface area contributed by atoms with E-state index in [1.165, 1.54) is 6.92 Å². The lowest BCUT2D eigenvalue weighted by Gasteiger charge is -2.17. The summed E-state index contributed by atoms with van der Waals surface area (Å²) in [4.78, 5) is 33.7. The number of hydrogen-bond donors (Lipinski definition) is 1. The third-order valence-electron chi connectivity index (χ3n) is 3.27. The number of Topliss-reactive ketones (excluding diaryl/α,β-unsaturated/α-hetero) is 1. The van der Waals surface area contributed by atoms with Crippen molar-refractivity contribution in [3.05, 3.63) is 34.9 Å². The summed E-state index contributed by atoms with van der Waals surface area (Å²) in [6, 6.07) is 5.31. The highest BCUT2D eigenvalue weighted by Crippen LogP contribution is 2.14. The molecule has 0 saturated heterocycles. The summed E-state index contributed by atoms with van der Waals surface area (Å²) in [5.74, 6) is -0.199. The van der Waals surface area contributed by atoms with Crippen LogP contribution in [0.25, 0.3) is 0 Å². The number of amides is 1. The Balaban J connectivity index is 2.92. The molecule has 0 heterocycles. The van der Waals surface area contributed by atoms with E-state index in [9.17, 15) is 14.4 Å². The molecule has 0 saturated carbocycles. The Hall–Kier alpha value is -1.97. The summed E-state index contributed by atoms with van der Waals surface area (Å²) >= 11 is 0. The molecule has 0 radical (unpaired) electrons. The van der Waals surface area contributed by atoms with E-state index >= 15 is 0 Å². The minimum Gasteiger partial charge on any atom is -0.346 e. The van der Waals surface area contributed by atoms with E-state index in [1.807, 2.05) is 25.1 Å². The van der Waals surface area contributed by atoms with Crippen molar-refractivity contribution in [1.29, 1.82) is 0 Å². The first-order chi connectivity index (χ1) is 9.47. The van der Waals surface area contributed by atoms with Crippen molar-refractivity contribution in [1.82, 2.24) is 5.32 Å². The lowest BCUT2D eigenvalue weighted by molar-refractivity contribution is -0.126. The van der Waals surface area contributed by atoms with Gasteiger partial charge in [-0.3, -0.25) is 9.59 Å². The maximum Gasteiger partial charge on any atom is 0.217 e. The standard InChI is InChI=1S/C16H21NO3/c1-4-16(20)15(17-12(3)19)10-13-6-5-11(2)14(9-13)7-8-18/h5-6,8-9,15H,4,7,10H2,1-3H3,(H,17,19). The number of carbonyl (C=O) groups is 3. The minimum atomic E-state index is -0.496. The van der Waals surface area contributed by atoms with Crippen LogP contribution in [0.5, 0.6) is 0 Å². The largest absolute Gasteiger partial charge is 0.346 e. The molecule has 20 heavy (non-hydrogen) atoms. The fourth-order valence-corrected chi connectivity index (χ4v) is 2.13. The number of nitrogens with one attached hydrogen (secondary N) is 1. The maximum atomic E-state index is 11.9. The third kappa shape index (κ3) is 4.61. The van der Waals surface area contributed by atoms with Gasteiger partial charge in [0, 0.05) is 19.8 Å². The molecule has 0 aliphatic carbocycles. The highest BCUT2D eigenvalue weighted by Gasteiger charge is 2.18. The minimum absolute atomic E-state index is 0.0118. The topological polar surface area (TPSA) is 63.2 Å². The number of rotatable bonds is 7. The molecule has 0 fully saturated rings. The number of carbonyl (C=O) groups excluding carboxylic acids is 3. The maximum absolute atomic E-state index is 11.9. The molecule has 1 amide bonds. The molecule has 1 aromatic carbocycles. The fraction of sp³-hybridized carbons (Fsp3) is 0.438. The van der Waals surface area contributed by atoms with Crippen LogP contribution in [0.4, 0.5) is 0 Å². The Morgan fingerprint density at radius 3 is 2.60 bits per heavy atom. The fourth-order valence-electron chi connectivity index (χ4n) is 2.13. The van der Waals surface area contributed by atoms with Crippen LogP contribution < -0.4 is 5.32 Å². The average molecular weight is 275 g/mol. The van der Waals surface area contributed by atoms with Gasteiger partial charge in [0.1, 0.15) is 6.29 Å². The Bertz CT molecular complexity index is 508. The van der Waals surface area contributed by atoms with Gasteiger partial charge in [-0.2, -0.15) is 0 Å². The number of aldehydes is 1. The third-order valence-corrected chi connectivity index (χ3v) is 3.27. The molecular formula is C16H21NO3. The van der Waals surface area contributed by atoms with Gasteiger partial charge in [-0.05, 0) is 30.0 Å².